The molecule has 1 fully saturated rings. The summed E-state index contributed by atoms with van der Waals surface area (Å²) in [7, 11) is -2.73. The van der Waals surface area contributed by atoms with Gasteiger partial charge in [0, 0.05) is 6.61 Å². The molecule has 1 rings (SSSR count). The minimum Gasteiger partial charge on any atom is -0.396 e. The van der Waals surface area contributed by atoms with E-state index < -0.39 is 9.84 Å². The van der Waals surface area contributed by atoms with E-state index in [1.165, 1.54) is 0 Å². The van der Waals surface area contributed by atoms with Gasteiger partial charge in [0.2, 0.25) is 0 Å². The van der Waals surface area contributed by atoms with Crippen molar-refractivity contribution in [1.82, 2.24) is 0 Å². The van der Waals surface area contributed by atoms with Gasteiger partial charge in [-0.25, -0.2) is 8.42 Å². The van der Waals surface area contributed by atoms with Crippen LogP contribution >= 0.6 is 0 Å². The third-order valence-electron chi connectivity index (χ3n) is 2.60. The van der Waals surface area contributed by atoms with Crippen molar-refractivity contribution in [3.05, 3.63) is 0 Å². The summed E-state index contributed by atoms with van der Waals surface area (Å²) in [5.41, 5.74) is 0. The van der Waals surface area contributed by atoms with Gasteiger partial charge >= 0.3 is 0 Å². The zero-order valence-electron chi connectivity index (χ0n) is 7.36. The molecule has 12 heavy (non-hydrogen) atoms. The fraction of sp³-hybridized carbons (Fsp3) is 1.00. The van der Waals surface area contributed by atoms with Crippen LogP contribution in [-0.4, -0.2) is 31.1 Å². The Morgan fingerprint density at radius 2 is 2.25 bits per heavy atom. The van der Waals surface area contributed by atoms with Gasteiger partial charge in [0.05, 0.1) is 11.0 Å². The van der Waals surface area contributed by atoms with Gasteiger partial charge in [-0.05, 0) is 25.2 Å². The molecule has 1 saturated heterocycles. The third-order valence-corrected chi connectivity index (χ3v) is 5.03. The summed E-state index contributed by atoms with van der Waals surface area (Å²) in [6.45, 7) is 2.12. The molecule has 1 N–H and O–H groups in total. The van der Waals surface area contributed by atoms with E-state index in [0.29, 0.717) is 12.2 Å². The fourth-order valence-corrected chi connectivity index (χ4v) is 3.42. The molecule has 4 heteroatoms. The Morgan fingerprint density at radius 1 is 1.58 bits per heavy atom. The first-order valence-electron chi connectivity index (χ1n) is 4.40. The SMILES string of the molecule is CC(CCCO)C1CCS1(=O)=O. The minimum atomic E-state index is -2.73. The molecule has 2 atom stereocenters. The Morgan fingerprint density at radius 3 is 2.58 bits per heavy atom. The highest BCUT2D eigenvalue weighted by atomic mass is 32.2. The largest absolute Gasteiger partial charge is 0.396 e. The number of hydrogen-bond acceptors (Lipinski definition) is 3. The second-order valence-electron chi connectivity index (χ2n) is 3.54. The summed E-state index contributed by atoms with van der Waals surface area (Å²) in [4.78, 5) is 0. The maximum Gasteiger partial charge on any atom is 0.153 e. The zero-order valence-corrected chi connectivity index (χ0v) is 8.18. The van der Waals surface area contributed by atoms with Crippen molar-refractivity contribution in [1.29, 1.82) is 0 Å². The summed E-state index contributed by atoms with van der Waals surface area (Å²) in [6.07, 6.45) is 2.35. The van der Waals surface area contributed by atoms with E-state index in [-0.39, 0.29) is 17.8 Å². The first kappa shape index (κ1) is 9.99. The van der Waals surface area contributed by atoms with Crippen molar-refractivity contribution in [2.45, 2.75) is 31.4 Å². The van der Waals surface area contributed by atoms with Gasteiger partial charge in [0.1, 0.15) is 0 Å². The maximum atomic E-state index is 11.2. The van der Waals surface area contributed by atoms with Gasteiger partial charge in [-0.2, -0.15) is 0 Å². The molecule has 3 nitrogen and oxygen atoms in total. The van der Waals surface area contributed by atoms with Crippen molar-refractivity contribution in [2.24, 2.45) is 5.92 Å². The van der Waals surface area contributed by atoms with Crippen molar-refractivity contribution in [3.8, 4) is 0 Å². The summed E-state index contributed by atoms with van der Waals surface area (Å²) in [5, 5.41) is 8.45. The quantitative estimate of drug-likeness (QED) is 0.709. The van der Waals surface area contributed by atoms with Crippen molar-refractivity contribution in [2.75, 3.05) is 12.4 Å². The highest BCUT2D eigenvalue weighted by Crippen LogP contribution is 2.29. The Kier molecular flexibility index (Phi) is 3.12. The standard InChI is InChI=1S/C8H16O3S/c1-7(3-2-5-9)8-4-6-12(8,10)11/h7-9H,2-6H2,1H3. The highest BCUT2D eigenvalue weighted by Gasteiger charge is 2.38. The van der Waals surface area contributed by atoms with E-state index in [1.54, 1.807) is 0 Å². The molecule has 0 saturated carbocycles. The second-order valence-corrected chi connectivity index (χ2v) is 5.88. The monoisotopic (exact) mass is 192 g/mol. The van der Waals surface area contributed by atoms with Crippen LogP contribution in [0.3, 0.4) is 0 Å². The number of aliphatic hydroxyl groups excluding tert-OH is 1. The fourth-order valence-electron chi connectivity index (χ4n) is 1.68. The molecule has 1 aliphatic rings. The van der Waals surface area contributed by atoms with Gasteiger partial charge in [0.15, 0.2) is 9.84 Å². The second kappa shape index (κ2) is 3.75. The number of rotatable bonds is 4. The Balaban J connectivity index is 2.38. The molecule has 0 radical (unpaired) electrons. The Bertz CT molecular complexity index is 233. The third kappa shape index (κ3) is 1.98. The Hall–Kier alpha value is -0.0900. The van der Waals surface area contributed by atoms with Crippen LogP contribution in [0.25, 0.3) is 0 Å². The lowest BCUT2D eigenvalue weighted by atomic mass is 9.99. The van der Waals surface area contributed by atoms with Crippen LogP contribution < -0.4 is 0 Å². The summed E-state index contributed by atoms with van der Waals surface area (Å²) < 4.78 is 22.3. The lowest BCUT2D eigenvalue weighted by Gasteiger charge is -2.31. The van der Waals surface area contributed by atoms with Crippen LogP contribution in [0, 0.1) is 5.92 Å². The van der Waals surface area contributed by atoms with E-state index in [1.807, 2.05) is 6.92 Å². The van der Waals surface area contributed by atoms with Crippen LogP contribution in [0.15, 0.2) is 0 Å². The molecule has 0 bridgehead atoms. The lowest BCUT2D eigenvalue weighted by Crippen LogP contribution is -2.41. The van der Waals surface area contributed by atoms with Crippen LogP contribution in [0.4, 0.5) is 0 Å². The highest BCUT2D eigenvalue weighted by molar-refractivity contribution is 7.93. The van der Waals surface area contributed by atoms with E-state index in [9.17, 15) is 8.42 Å². The predicted octanol–water partition coefficient (Wildman–Crippen LogP) is 0.582. The van der Waals surface area contributed by atoms with Crippen LogP contribution in [0.1, 0.15) is 26.2 Å². The van der Waals surface area contributed by atoms with Gasteiger partial charge in [-0.1, -0.05) is 6.92 Å². The average Bonchev–Trinajstić information content (AvgIpc) is 1.99. The van der Waals surface area contributed by atoms with Crippen LogP contribution in [-0.2, 0) is 9.84 Å². The van der Waals surface area contributed by atoms with Gasteiger partial charge in [-0.15, -0.1) is 0 Å². The number of aliphatic hydroxyl groups is 1. The van der Waals surface area contributed by atoms with Crippen molar-refractivity contribution >= 4 is 9.84 Å². The van der Waals surface area contributed by atoms with Crippen LogP contribution in [0.5, 0.6) is 0 Å². The molecular weight excluding hydrogens is 176 g/mol. The lowest BCUT2D eigenvalue weighted by molar-refractivity contribution is 0.270. The number of hydrogen-bond donors (Lipinski definition) is 1. The smallest absolute Gasteiger partial charge is 0.153 e. The molecule has 72 valence electrons. The zero-order chi connectivity index (χ0) is 9.19. The molecule has 1 aliphatic heterocycles. The first-order valence-corrected chi connectivity index (χ1v) is 6.12. The van der Waals surface area contributed by atoms with E-state index in [4.69, 9.17) is 5.11 Å². The molecule has 0 aromatic carbocycles. The maximum absolute atomic E-state index is 11.2. The molecule has 0 aromatic rings. The van der Waals surface area contributed by atoms with E-state index >= 15 is 0 Å². The summed E-state index contributed by atoms with van der Waals surface area (Å²) in [6, 6.07) is 0. The molecule has 0 amide bonds. The van der Waals surface area contributed by atoms with E-state index in [2.05, 4.69) is 0 Å². The molecule has 2 unspecified atom stereocenters. The predicted molar refractivity (Wildman–Crippen MR) is 47.7 cm³/mol. The number of sulfone groups is 1. The van der Waals surface area contributed by atoms with Gasteiger partial charge in [0.25, 0.3) is 0 Å². The molecule has 0 aliphatic carbocycles. The molecule has 0 spiro atoms. The molecular formula is C8H16O3S. The summed E-state index contributed by atoms with van der Waals surface area (Å²) >= 11 is 0. The molecule has 0 aromatic heterocycles. The summed E-state index contributed by atoms with van der Waals surface area (Å²) in [5.74, 6) is 0.581. The van der Waals surface area contributed by atoms with Crippen molar-refractivity contribution < 1.29 is 13.5 Å². The average molecular weight is 192 g/mol. The normalized spacial score (nSPS) is 29.3. The van der Waals surface area contributed by atoms with Crippen molar-refractivity contribution in [3.63, 3.8) is 0 Å². The topological polar surface area (TPSA) is 54.4 Å². The van der Waals surface area contributed by atoms with Gasteiger partial charge in [-0.3, -0.25) is 0 Å². The molecule has 1 heterocycles. The van der Waals surface area contributed by atoms with E-state index in [0.717, 1.165) is 12.8 Å². The minimum absolute atomic E-state index is 0.121. The Labute approximate surface area is 73.7 Å². The van der Waals surface area contributed by atoms with Gasteiger partial charge < -0.3 is 5.11 Å². The van der Waals surface area contributed by atoms with Crippen LogP contribution in [0.2, 0.25) is 0 Å². The first-order chi connectivity index (χ1) is 5.58.